The highest BCUT2D eigenvalue weighted by molar-refractivity contribution is 5.96. The Morgan fingerprint density at radius 2 is 2.12 bits per heavy atom. The van der Waals surface area contributed by atoms with Crippen molar-refractivity contribution < 1.29 is 9.90 Å². The quantitative estimate of drug-likeness (QED) is 0.834. The second kappa shape index (κ2) is 4.49. The van der Waals surface area contributed by atoms with Crippen molar-refractivity contribution in [2.45, 2.75) is 32.2 Å². The van der Waals surface area contributed by atoms with Crippen LogP contribution >= 0.6 is 0 Å². The lowest BCUT2D eigenvalue weighted by Gasteiger charge is -2.29. The summed E-state index contributed by atoms with van der Waals surface area (Å²) in [7, 11) is 0. The van der Waals surface area contributed by atoms with Gasteiger partial charge in [0.25, 0.3) is 5.91 Å². The second-order valence-electron chi connectivity index (χ2n) is 5.12. The third kappa shape index (κ3) is 2.50. The average molecular weight is 233 g/mol. The Balaban J connectivity index is 2.13. The smallest absolute Gasteiger partial charge is 0.252 e. The monoisotopic (exact) mass is 233 g/mol. The number of hydrogen-bond acceptors (Lipinski definition) is 2. The Morgan fingerprint density at radius 3 is 2.65 bits per heavy atom. The molecule has 2 N–H and O–H groups in total. The van der Waals surface area contributed by atoms with Gasteiger partial charge in [-0.15, -0.1) is 0 Å². The molecule has 1 atom stereocenters. The van der Waals surface area contributed by atoms with E-state index in [2.05, 4.69) is 5.32 Å². The molecule has 0 spiro atoms. The predicted octanol–water partition coefficient (Wildman–Crippen LogP) is 1.89. The SMILES string of the molecule is Cc1ccccc1C(=O)NC(C)(CO)C1CC1. The highest BCUT2D eigenvalue weighted by atomic mass is 16.3. The van der Waals surface area contributed by atoms with Gasteiger partial charge >= 0.3 is 0 Å². The fourth-order valence-corrected chi connectivity index (χ4v) is 2.15. The Labute approximate surface area is 102 Å². The van der Waals surface area contributed by atoms with Gasteiger partial charge in [0.15, 0.2) is 0 Å². The normalized spacial score (nSPS) is 18.5. The first-order valence-electron chi connectivity index (χ1n) is 6.06. The largest absolute Gasteiger partial charge is 0.394 e. The van der Waals surface area contributed by atoms with Crippen LogP contribution in [-0.4, -0.2) is 23.2 Å². The maximum Gasteiger partial charge on any atom is 0.252 e. The summed E-state index contributed by atoms with van der Waals surface area (Å²) in [6, 6.07) is 7.51. The highest BCUT2D eigenvalue weighted by Crippen LogP contribution is 2.39. The van der Waals surface area contributed by atoms with Crippen molar-refractivity contribution in [3.8, 4) is 0 Å². The van der Waals surface area contributed by atoms with Crippen LogP contribution in [0.5, 0.6) is 0 Å². The molecule has 1 aromatic rings. The lowest BCUT2D eigenvalue weighted by atomic mass is 9.96. The van der Waals surface area contributed by atoms with Gasteiger partial charge in [-0.05, 0) is 44.2 Å². The fourth-order valence-electron chi connectivity index (χ4n) is 2.15. The van der Waals surface area contributed by atoms with Crippen LogP contribution < -0.4 is 5.32 Å². The summed E-state index contributed by atoms with van der Waals surface area (Å²) in [6.07, 6.45) is 2.18. The van der Waals surface area contributed by atoms with Gasteiger partial charge in [0.2, 0.25) is 0 Å². The molecule has 0 heterocycles. The zero-order chi connectivity index (χ0) is 12.5. The van der Waals surface area contributed by atoms with Crippen LogP contribution in [0.2, 0.25) is 0 Å². The molecule has 2 rings (SSSR count). The minimum absolute atomic E-state index is 0.00467. The maximum absolute atomic E-state index is 12.2. The van der Waals surface area contributed by atoms with Crippen LogP contribution in [0.25, 0.3) is 0 Å². The van der Waals surface area contributed by atoms with E-state index in [9.17, 15) is 9.90 Å². The third-order valence-electron chi connectivity index (χ3n) is 3.60. The average Bonchev–Trinajstić information content (AvgIpc) is 3.13. The Bertz CT molecular complexity index is 426. The van der Waals surface area contributed by atoms with Crippen molar-refractivity contribution in [1.82, 2.24) is 5.32 Å². The highest BCUT2D eigenvalue weighted by Gasteiger charge is 2.42. The van der Waals surface area contributed by atoms with Gasteiger partial charge < -0.3 is 10.4 Å². The van der Waals surface area contributed by atoms with Crippen LogP contribution in [0.15, 0.2) is 24.3 Å². The molecule has 3 nitrogen and oxygen atoms in total. The Kier molecular flexibility index (Phi) is 3.20. The summed E-state index contributed by atoms with van der Waals surface area (Å²) in [5.74, 6) is 0.326. The Hall–Kier alpha value is -1.35. The van der Waals surface area contributed by atoms with Crippen LogP contribution in [0, 0.1) is 12.8 Å². The van der Waals surface area contributed by atoms with Gasteiger partial charge in [-0.3, -0.25) is 4.79 Å². The Morgan fingerprint density at radius 1 is 1.47 bits per heavy atom. The van der Waals surface area contributed by atoms with Crippen LogP contribution in [0.1, 0.15) is 35.7 Å². The maximum atomic E-state index is 12.2. The van der Waals surface area contributed by atoms with Crippen LogP contribution in [-0.2, 0) is 0 Å². The minimum Gasteiger partial charge on any atom is -0.394 e. The first-order chi connectivity index (χ1) is 8.07. The van der Waals surface area contributed by atoms with Crippen molar-refractivity contribution in [2.75, 3.05) is 6.61 Å². The number of benzene rings is 1. The second-order valence-corrected chi connectivity index (χ2v) is 5.12. The van der Waals surface area contributed by atoms with Gasteiger partial charge in [0, 0.05) is 5.56 Å². The number of hydrogen-bond donors (Lipinski definition) is 2. The van der Waals surface area contributed by atoms with Crippen molar-refractivity contribution in [3.63, 3.8) is 0 Å². The number of aliphatic hydroxyl groups is 1. The summed E-state index contributed by atoms with van der Waals surface area (Å²) < 4.78 is 0. The molecular formula is C14H19NO2. The van der Waals surface area contributed by atoms with Gasteiger partial charge in [0.1, 0.15) is 0 Å². The van der Waals surface area contributed by atoms with E-state index in [1.54, 1.807) is 0 Å². The number of carbonyl (C=O) groups excluding carboxylic acids is 1. The van der Waals surface area contributed by atoms with E-state index >= 15 is 0 Å². The molecule has 1 amide bonds. The summed E-state index contributed by atoms with van der Waals surface area (Å²) in [6.45, 7) is 3.83. The van der Waals surface area contributed by atoms with Crippen molar-refractivity contribution in [2.24, 2.45) is 5.92 Å². The number of carbonyl (C=O) groups is 1. The van der Waals surface area contributed by atoms with Gasteiger partial charge in [-0.2, -0.15) is 0 Å². The first kappa shape index (κ1) is 12.1. The first-order valence-corrected chi connectivity index (χ1v) is 6.06. The molecule has 0 aliphatic heterocycles. The van der Waals surface area contributed by atoms with Gasteiger partial charge in [0.05, 0.1) is 12.1 Å². The molecule has 1 aromatic carbocycles. The molecule has 1 fully saturated rings. The lowest BCUT2D eigenvalue weighted by molar-refractivity contribution is 0.0824. The van der Waals surface area contributed by atoms with Crippen LogP contribution in [0.3, 0.4) is 0 Å². The summed E-state index contributed by atoms with van der Waals surface area (Å²) in [5.41, 5.74) is 1.17. The molecular weight excluding hydrogens is 214 g/mol. The molecule has 0 radical (unpaired) electrons. The summed E-state index contributed by atoms with van der Waals surface area (Å²) >= 11 is 0. The molecule has 0 bridgehead atoms. The topological polar surface area (TPSA) is 49.3 Å². The molecule has 17 heavy (non-hydrogen) atoms. The van der Waals surface area contributed by atoms with Crippen molar-refractivity contribution >= 4 is 5.91 Å². The van der Waals surface area contributed by atoms with E-state index in [0.717, 1.165) is 18.4 Å². The van der Waals surface area contributed by atoms with E-state index in [1.807, 2.05) is 38.1 Å². The third-order valence-corrected chi connectivity index (χ3v) is 3.60. The van der Waals surface area contributed by atoms with Gasteiger partial charge in [-0.1, -0.05) is 18.2 Å². The molecule has 1 aliphatic rings. The standard InChI is InChI=1S/C14H19NO2/c1-10-5-3-4-6-12(10)13(17)15-14(2,9-16)11-7-8-11/h3-6,11,16H,7-9H2,1-2H3,(H,15,17). The zero-order valence-corrected chi connectivity index (χ0v) is 10.4. The van der Waals surface area contributed by atoms with Crippen molar-refractivity contribution in [3.05, 3.63) is 35.4 Å². The van der Waals surface area contributed by atoms with Crippen LogP contribution in [0.4, 0.5) is 0 Å². The number of aryl methyl sites for hydroxylation is 1. The number of aliphatic hydroxyl groups excluding tert-OH is 1. The molecule has 0 aromatic heterocycles. The lowest BCUT2D eigenvalue weighted by Crippen LogP contribution is -2.50. The molecule has 0 saturated heterocycles. The molecule has 3 heteroatoms. The molecule has 1 saturated carbocycles. The van der Waals surface area contributed by atoms with E-state index < -0.39 is 5.54 Å². The minimum atomic E-state index is -0.473. The van der Waals surface area contributed by atoms with E-state index in [4.69, 9.17) is 0 Å². The zero-order valence-electron chi connectivity index (χ0n) is 10.4. The van der Waals surface area contributed by atoms with E-state index in [0.29, 0.717) is 11.5 Å². The summed E-state index contributed by atoms with van der Waals surface area (Å²) in [4.78, 5) is 12.2. The molecule has 1 unspecified atom stereocenters. The van der Waals surface area contributed by atoms with Gasteiger partial charge in [-0.25, -0.2) is 0 Å². The number of nitrogens with one attached hydrogen (secondary N) is 1. The number of amides is 1. The van der Waals surface area contributed by atoms with Crippen molar-refractivity contribution in [1.29, 1.82) is 0 Å². The predicted molar refractivity (Wildman–Crippen MR) is 66.9 cm³/mol. The fraction of sp³-hybridized carbons (Fsp3) is 0.500. The van der Waals surface area contributed by atoms with E-state index in [1.165, 1.54) is 0 Å². The number of rotatable bonds is 4. The molecule has 92 valence electrons. The van der Waals surface area contributed by atoms with E-state index in [-0.39, 0.29) is 12.5 Å². The summed E-state index contributed by atoms with van der Waals surface area (Å²) in [5, 5.41) is 12.4. The molecule has 1 aliphatic carbocycles.